The number of hydrogen-bond donors (Lipinski definition) is 0. The summed E-state index contributed by atoms with van der Waals surface area (Å²) in [5.74, 6) is 1.41. The summed E-state index contributed by atoms with van der Waals surface area (Å²) >= 11 is 0. The number of rotatable bonds is 9. The molecule has 0 bridgehead atoms. The van der Waals surface area contributed by atoms with Gasteiger partial charge < -0.3 is 4.74 Å². The van der Waals surface area contributed by atoms with E-state index in [4.69, 9.17) is 10.00 Å². The van der Waals surface area contributed by atoms with Gasteiger partial charge in [-0.3, -0.25) is 0 Å². The number of benzene rings is 2. The highest BCUT2D eigenvalue weighted by molar-refractivity contribution is 5.32. The number of alkyl halides is 2. The minimum Gasteiger partial charge on any atom is -0.315 e. The van der Waals surface area contributed by atoms with Crippen molar-refractivity contribution >= 4 is 0 Å². The molecule has 2 nitrogen and oxygen atoms in total. The standard InChI is InChI=1S/C27H31F2NO/c1-2-3-4-5-21-10-14-25(15-11-21)26-16-12-24(13-17-26)20-31-27(28,29)18-22-6-8-23(19-30)9-7-22/h2-3,6-9,12-13,16-17,21,25H,4-5,10-11,14-15,18,20H2,1H3/b3-2+. The fourth-order valence-corrected chi connectivity index (χ4v) is 4.34. The quantitative estimate of drug-likeness (QED) is 0.390. The second kappa shape index (κ2) is 11.2. The third-order valence-electron chi connectivity index (χ3n) is 6.22. The van der Waals surface area contributed by atoms with Crippen LogP contribution in [0.4, 0.5) is 8.78 Å². The molecule has 4 heteroatoms. The summed E-state index contributed by atoms with van der Waals surface area (Å²) in [5.41, 5.74) is 2.96. The van der Waals surface area contributed by atoms with E-state index in [1.54, 1.807) is 24.3 Å². The summed E-state index contributed by atoms with van der Waals surface area (Å²) in [5, 5.41) is 8.80. The van der Waals surface area contributed by atoms with E-state index in [0.717, 1.165) is 11.5 Å². The second-order valence-corrected chi connectivity index (χ2v) is 8.52. The van der Waals surface area contributed by atoms with Crippen LogP contribution < -0.4 is 0 Å². The minimum absolute atomic E-state index is 0.124. The Kier molecular flexibility index (Phi) is 8.37. The molecule has 0 unspecified atom stereocenters. The lowest BCUT2D eigenvalue weighted by Crippen LogP contribution is -2.23. The zero-order chi connectivity index (χ0) is 22.1. The van der Waals surface area contributed by atoms with Crippen molar-refractivity contribution in [2.24, 2.45) is 5.92 Å². The van der Waals surface area contributed by atoms with Crippen LogP contribution in [0.5, 0.6) is 0 Å². The molecule has 1 aliphatic carbocycles. The molecule has 0 spiro atoms. The van der Waals surface area contributed by atoms with E-state index in [1.165, 1.54) is 44.1 Å². The first-order chi connectivity index (χ1) is 15.0. The van der Waals surface area contributed by atoms with Crippen LogP contribution in [-0.4, -0.2) is 6.11 Å². The molecule has 0 N–H and O–H groups in total. The second-order valence-electron chi connectivity index (χ2n) is 8.52. The van der Waals surface area contributed by atoms with Crippen molar-refractivity contribution < 1.29 is 13.5 Å². The van der Waals surface area contributed by atoms with Crippen LogP contribution in [-0.2, 0) is 17.8 Å². The average Bonchev–Trinajstić information content (AvgIpc) is 2.79. The number of ether oxygens (including phenoxy) is 1. The van der Waals surface area contributed by atoms with Gasteiger partial charge >= 0.3 is 6.11 Å². The molecule has 0 radical (unpaired) electrons. The predicted octanol–water partition coefficient (Wildman–Crippen LogP) is 7.54. The van der Waals surface area contributed by atoms with Gasteiger partial charge in [-0.25, -0.2) is 0 Å². The van der Waals surface area contributed by atoms with Crippen LogP contribution in [0.2, 0.25) is 0 Å². The molecule has 1 fully saturated rings. The smallest absolute Gasteiger partial charge is 0.315 e. The zero-order valence-corrected chi connectivity index (χ0v) is 18.2. The molecule has 31 heavy (non-hydrogen) atoms. The molecule has 0 atom stereocenters. The van der Waals surface area contributed by atoms with Crippen LogP contribution >= 0.6 is 0 Å². The van der Waals surface area contributed by atoms with Gasteiger partial charge in [0, 0.05) is 0 Å². The highest BCUT2D eigenvalue weighted by atomic mass is 19.3. The molecule has 0 saturated heterocycles. The van der Waals surface area contributed by atoms with E-state index >= 15 is 0 Å². The highest BCUT2D eigenvalue weighted by Gasteiger charge is 2.30. The lowest BCUT2D eigenvalue weighted by Gasteiger charge is -2.28. The fourth-order valence-electron chi connectivity index (χ4n) is 4.34. The van der Waals surface area contributed by atoms with Crippen molar-refractivity contribution in [3.8, 4) is 6.07 Å². The van der Waals surface area contributed by atoms with E-state index in [9.17, 15) is 8.78 Å². The molecular weight excluding hydrogens is 392 g/mol. The van der Waals surface area contributed by atoms with Crippen molar-refractivity contribution in [1.82, 2.24) is 0 Å². The molecule has 0 heterocycles. The monoisotopic (exact) mass is 423 g/mol. The maximum Gasteiger partial charge on any atom is 0.360 e. The highest BCUT2D eigenvalue weighted by Crippen LogP contribution is 2.37. The largest absolute Gasteiger partial charge is 0.360 e. The van der Waals surface area contributed by atoms with Gasteiger partial charge in [0.15, 0.2) is 0 Å². The van der Waals surface area contributed by atoms with Gasteiger partial charge in [0.05, 0.1) is 24.7 Å². The number of nitrogens with zero attached hydrogens (tertiary/aromatic N) is 1. The van der Waals surface area contributed by atoms with E-state index in [1.807, 2.05) is 18.2 Å². The van der Waals surface area contributed by atoms with E-state index < -0.39 is 12.5 Å². The maximum absolute atomic E-state index is 14.2. The molecule has 1 saturated carbocycles. The van der Waals surface area contributed by atoms with E-state index in [2.05, 4.69) is 31.2 Å². The normalized spacial score (nSPS) is 19.4. The molecule has 1 aliphatic rings. The SMILES string of the molecule is C/C=C/CCC1CCC(c2ccc(COC(F)(F)Cc3ccc(C#N)cc3)cc2)CC1. The fraction of sp³-hybridized carbons (Fsp3) is 0.444. The molecule has 2 aromatic carbocycles. The third kappa shape index (κ3) is 7.29. The molecular formula is C27H31F2NO. The van der Waals surface area contributed by atoms with Crippen molar-refractivity contribution in [2.75, 3.05) is 0 Å². The molecule has 0 aromatic heterocycles. The van der Waals surface area contributed by atoms with Crippen molar-refractivity contribution in [3.63, 3.8) is 0 Å². The van der Waals surface area contributed by atoms with Gasteiger partial charge in [-0.15, -0.1) is 0 Å². The summed E-state index contributed by atoms with van der Waals surface area (Å²) in [4.78, 5) is 0. The number of allylic oxidation sites excluding steroid dienone is 2. The Bertz CT molecular complexity index is 873. The topological polar surface area (TPSA) is 33.0 Å². The molecule has 3 rings (SSSR count). The van der Waals surface area contributed by atoms with Gasteiger partial charge in [0.1, 0.15) is 0 Å². The van der Waals surface area contributed by atoms with Crippen LogP contribution in [0.25, 0.3) is 0 Å². The zero-order valence-electron chi connectivity index (χ0n) is 18.2. The molecule has 2 aromatic rings. The van der Waals surface area contributed by atoms with E-state index in [-0.39, 0.29) is 6.61 Å². The minimum atomic E-state index is -3.25. The molecule has 0 amide bonds. The lowest BCUT2D eigenvalue weighted by atomic mass is 9.77. The van der Waals surface area contributed by atoms with Gasteiger partial charge in [-0.05, 0) is 86.1 Å². The van der Waals surface area contributed by atoms with Crippen molar-refractivity contribution in [3.05, 3.63) is 82.9 Å². The first kappa shape index (κ1) is 23.2. The first-order valence-corrected chi connectivity index (χ1v) is 11.2. The Balaban J connectivity index is 1.46. The lowest BCUT2D eigenvalue weighted by molar-refractivity contribution is -0.244. The Morgan fingerprint density at radius 1 is 1.00 bits per heavy atom. The van der Waals surface area contributed by atoms with Gasteiger partial charge in [0.25, 0.3) is 0 Å². The van der Waals surface area contributed by atoms with Gasteiger partial charge in [-0.2, -0.15) is 14.0 Å². The Morgan fingerprint density at radius 3 is 2.26 bits per heavy atom. The number of halogens is 2. The van der Waals surface area contributed by atoms with Gasteiger partial charge in [0.2, 0.25) is 0 Å². The number of nitriles is 1. The predicted molar refractivity (Wildman–Crippen MR) is 120 cm³/mol. The summed E-state index contributed by atoms with van der Waals surface area (Å²) in [7, 11) is 0. The van der Waals surface area contributed by atoms with Crippen molar-refractivity contribution in [1.29, 1.82) is 5.26 Å². The summed E-state index contributed by atoms with van der Waals surface area (Å²) < 4.78 is 33.3. The van der Waals surface area contributed by atoms with Crippen LogP contribution in [0.3, 0.4) is 0 Å². The maximum atomic E-state index is 14.2. The Hall–Kier alpha value is -2.51. The third-order valence-corrected chi connectivity index (χ3v) is 6.22. The Labute approximate surface area is 184 Å². The van der Waals surface area contributed by atoms with E-state index in [0.29, 0.717) is 17.0 Å². The van der Waals surface area contributed by atoms with Crippen LogP contribution in [0.1, 0.15) is 73.6 Å². The van der Waals surface area contributed by atoms with Crippen molar-refractivity contribution in [2.45, 2.75) is 70.5 Å². The first-order valence-electron chi connectivity index (χ1n) is 11.2. The molecule has 0 aliphatic heterocycles. The molecule has 164 valence electrons. The van der Waals surface area contributed by atoms with Crippen LogP contribution in [0, 0.1) is 17.2 Å². The number of hydrogen-bond acceptors (Lipinski definition) is 2. The Morgan fingerprint density at radius 2 is 1.65 bits per heavy atom. The summed E-state index contributed by atoms with van der Waals surface area (Å²) in [6.45, 7) is 1.95. The average molecular weight is 424 g/mol. The van der Waals surface area contributed by atoms with Crippen LogP contribution in [0.15, 0.2) is 60.7 Å². The summed E-state index contributed by atoms with van der Waals surface area (Å²) in [6, 6.07) is 16.1. The van der Waals surface area contributed by atoms with Gasteiger partial charge in [-0.1, -0.05) is 48.6 Å². The summed E-state index contributed by atoms with van der Waals surface area (Å²) in [6.07, 6.45) is 8.04.